The zero-order valence-corrected chi connectivity index (χ0v) is 17.0. The van der Waals surface area contributed by atoms with E-state index < -0.39 is 5.82 Å². The number of amides is 2. The molecular weight excluding hydrogens is 403 g/mol. The molecule has 0 aliphatic carbocycles. The minimum absolute atomic E-state index is 0.0403. The van der Waals surface area contributed by atoms with Crippen molar-refractivity contribution in [2.24, 2.45) is 0 Å². The number of para-hydroxylation sites is 1. The van der Waals surface area contributed by atoms with E-state index in [0.717, 1.165) is 0 Å². The summed E-state index contributed by atoms with van der Waals surface area (Å²) in [5.41, 5.74) is 0.648. The number of rotatable bonds is 5. The topological polar surface area (TPSA) is 88.8 Å². The van der Waals surface area contributed by atoms with E-state index in [1.807, 2.05) is 6.07 Å². The lowest BCUT2D eigenvalue weighted by atomic mass is 10.1. The predicted octanol–water partition coefficient (Wildman–Crippen LogP) is 2.55. The van der Waals surface area contributed by atoms with Crippen LogP contribution in [0.1, 0.15) is 16.2 Å². The van der Waals surface area contributed by atoms with Gasteiger partial charge in [0.05, 0.1) is 11.1 Å². The summed E-state index contributed by atoms with van der Waals surface area (Å²) < 4.78 is 24.8. The molecule has 160 valence electrons. The van der Waals surface area contributed by atoms with Gasteiger partial charge < -0.3 is 19.1 Å². The van der Waals surface area contributed by atoms with Crippen LogP contribution in [0.2, 0.25) is 0 Å². The first kappa shape index (κ1) is 20.5. The first-order valence-corrected chi connectivity index (χ1v) is 9.87. The highest BCUT2D eigenvalue weighted by Crippen LogP contribution is 2.28. The van der Waals surface area contributed by atoms with Crippen LogP contribution in [0.3, 0.4) is 0 Å². The number of hydrogen-bond donors (Lipinski definition) is 0. The third kappa shape index (κ3) is 4.55. The fourth-order valence-electron chi connectivity index (χ4n) is 3.37. The molecule has 8 nitrogen and oxygen atoms in total. The molecule has 1 fully saturated rings. The Balaban J connectivity index is 1.33. The largest absolute Gasteiger partial charge is 0.483 e. The highest BCUT2D eigenvalue weighted by atomic mass is 19.1. The molecule has 2 aromatic carbocycles. The van der Waals surface area contributed by atoms with Crippen molar-refractivity contribution in [1.82, 2.24) is 19.9 Å². The number of carbonyl (C=O) groups is 2. The smallest absolute Gasteiger partial charge is 0.261 e. The Morgan fingerprint density at radius 1 is 1.03 bits per heavy atom. The molecule has 0 saturated carbocycles. The van der Waals surface area contributed by atoms with Crippen LogP contribution in [0.5, 0.6) is 5.75 Å². The molecule has 0 N–H and O–H groups in total. The van der Waals surface area contributed by atoms with E-state index in [-0.39, 0.29) is 24.0 Å². The second kappa shape index (κ2) is 8.95. The number of benzene rings is 2. The minimum Gasteiger partial charge on any atom is -0.483 e. The predicted molar refractivity (Wildman–Crippen MR) is 109 cm³/mol. The molecule has 1 aliphatic rings. The van der Waals surface area contributed by atoms with E-state index in [2.05, 4.69) is 10.1 Å². The molecule has 31 heavy (non-hydrogen) atoms. The second-order valence-corrected chi connectivity index (χ2v) is 7.08. The van der Waals surface area contributed by atoms with Gasteiger partial charge in [-0.05, 0) is 31.2 Å². The maximum Gasteiger partial charge on any atom is 0.261 e. The van der Waals surface area contributed by atoms with Crippen molar-refractivity contribution in [3.63, 3.8) is 0 Å². The Hall–Kier alpha value is -3.75. The van der Waals surface area contributed by atoms with E-state index in [4.69, 9.17) is 9.26 Å². The van der Waals surface area contributed by atoms with Gasteiger partial charge in [-0.2, -0.15) is 4.98 Å². The Kier molecular flexibility index (Phi) is 5.92. The molecule has 0 atom stereocenters. The molecule has 1 saturated heterocycles. The summed E-state index contributed by atoms with van der Waals surface area (Å²) in [6.45, 7) is 2.93. The lowest BCUT2D eigenvalue weighted by molar-refractivity contribution is -0.134. The summed E-state index contributed by atoms with van der Waals surface area (Å²) in [5, 5.41) is 3.78. The van der Waals surface area contributed by atoms with Crippen LogP contribution >= 0.6 is 0 Å². The molecule has 1 aliphatic heterocycles. The summed E-state index contributed by atoms with van der Waals surface area (Å²) in [7, 11) is 0. The second-order valence-electron chi connectivity index (χ2n) is 7.08. The van der Waals surface area contributed by atoms with Crippen LogP contribution in [-0.4, -0.2) is 64.5 Å². The number of ether oxygens (including phenoxy) is 1. The summed E-state index contributed by atoms with van der Waals surface area (Å²) >= 11 is 0. The van der Waals surface area contributed by atoms with Crippen molar-refractivity contribution in [3.05, 3.63) is 65.7 Å². The van der Waals surface area contributed by atoms with Gasteiger partial charge in [0.1, 0.15) is 11.6 Å². The van der Waals surface area contributed by atoms with Crippen molar-refractivity contribution >= 4 is 11.8 Å². The van der Waals surface area contributed by atoms with Gasteiger partial charge >= 0.3 is 0 Å². The maximum absolute atomic E-state index is 13.9. The molecule has 0 bridgehead atoms. The van der Waals surface area contributed by atoms with E-state index in [9.17, 15) is 14.0 Å². The van der Waals surface area contributed by atoms with Crippen molar-refractivity contribution in [2.75, 3.05) is 32.8 Å². The van der Waals surface area contributed by atoms with Gasteiger partial charge in [-0.15, -0.1) is 0 Å². The number of hydrogen-bond acceptors (Lipinski definition) is 6. The number of nitrogens with zero attached hydrogens (tertiary/aromatic N) is 4. The van der Waals surface area contributed by atoms with E-state index in [0.29, 0.717) is 49.2 Å². The van der Waals surface area contributed by atoms with Gasteiger partial charge in [0.2, 0.25) is 0 Å². The van der Waals surface area contributed by atoms with Gasteiger partial charge in [-0.1, -0.05) is 29.4 Å². The van der Waals surface area contributed by atoms with Crippen LogP contribution < -0.4 is 4.74 Å². The number of carbonyl (C=O) groups excluding carboxylic acids is 2. The molecular formula is C22H21FN4O4. The fraction of sp³-hybridized carbons (Fsp3) is 0.273. The standard InChI is InChI=1S/C22H21FN4O4/c1-15-24-21(31-25-15)17-7-3-5-9-19(17)30-14-20(28)26-10-12-27(13-11-26)22(29)16-6-2-4-8-18(16)23/h2-9H,10-14H2,1H3. The highest BCUT2D eigenvalue weighted by Gasteiger charge is 2.26. The SMILES string of the molecule is Cc1noc(-c2ccccc2OCC(=O)N2CCN(C(=O)c3ccccc3F)CC2)n1. The van der Waals surface area contributed by atoms with Crippen LogP contribution in [0, 0.1) is 12.7 Å². The normalized spacial score (nSPS) is 13.9. The molecule has 0 radical (unpaired) electrons. The number of piperazine rings is 1. The molecule has 9 heteroatoms. The fourth-order valence-corrected chi connectivity index (χ4v) is 3.37. The van der Waals surface area contributed by atoms with Crippen molar-refractivity contribution in [2.45, 2.75) is 6.92 Å². The molecule has 3 aromatic rings. The van der Waals surface area contributed by atoms with E-state index >= 15 is 0 Å². The third-order valence-corrected chi connectivity index (χ3v) is 5.02. The lowest BCUT2D eigenvalue weighted by Crippen LogP contribution is -2.51. The van der Waals surface area contributed by atoms with E-state index in [1.165, 1.54) is 12.1 Å². The Morgan fingerprint density at radius 2 is 1.71 bits per heavy atom. The molecule has 2 heterocycles. The van der Waals surface area contributed by atoms with Crippen LogP contribution in [-0.2, 0) is 4.79 Å². The highest BCUT2D eigenvalue weighted by molar-refractivity contribution is 5.94. The van der Waals surface area contributed by atoms with Gasteiger partial charge in [-0.3, -0.25) is 9.59 Å². The summed E-state index contributed by atoms with van der Waals surface area (Å²) in [6, 6.07) is 13.0. The van der Waals surface area contributed by atoms with Gasteiger partial charge in [0.25, 0.3) is 17.7 Å². The van der Waals surface area contributed by atoms with Gasteiger partial charge in [0, 0.05) is 26.2 Å². The van der Waals surface area contributed by atoms with E-state index in [1.54, 1.807) is 47.1 Å². The van der Waals surface area contributed by atoms with Gasteiger partial charge in [-0.25, -0.2) is 4.39 Å². The first-order valence-electron chi connectivity index (χ1n) is 9.87. The summed E-state index contributed by atoms with van der Waals surface area (Å²) in [6.07, 6.45) is 0. The monoisotopic (exact) mass is 424 g/mol. The Morgan fingerprint density at radius 3 is 2.42 bits per heavy atom. The zero-order chi connectivity index (χ0) is 21.8. The number of halogens is 1. The molecule has 4 rings (SSSR count). The Bertz CT molecular complexity index is 1090. The number of aromatic nitrogens is 2. The molecule has 0 unspecified atom stereocenters. The van der Waals surface area contributed by atoms with Crippen LogP contribution in [0.15, 0.2) is 53.1 Å². The quantitative estimate of drug-likeness (QED) is 0.626. The van der Waals surface area contributed by atoms with Crippen molar-refractivity contribution < 1.29 is 23.2 Å². The maximum atomic E-state index is 13.9. The number of aryl methyl sites for hydroxylation is 1. The summed E-state index contributed by atoms with van der Waals surface area (Å²) in [5.74, 6) is 0.173. The molecule has 0 spiro atoms. The zero-order valence-electron chi connectivity index (χ0n) is 17.0. The average molecular weight is 424 g/mol. The Labute approximate surface area is 178 Å². The van der Waals surface area contributed by atoms with Crippen LogP contribution in [0.4, 0.5) is 4.39 Å². The van der Waals surface area contributed by atoms with Crippen molar-refractivity contribution in [3.8, 4) is 17.2 Å². The molecule has 2 amide bonds. The third-order valence-electron chi connectivity index (χ3n) is 5.02. The lowest BCUT2D eigenvalue weighted by Gasteiger charge is -2.34. The minimum atomic E-state index is -0.547. The van der Waals surface area contributed by atoms with Gasteiger partial charge in [0.15, 0.2) is 12.4 Å². The van der Waals surface area contributed by atoms with Crippen molar-refractivity contribution in [1.29, 1.82) is 0 Å². The van der Waals surface area contributed by atoms with Crippen LogP contribution in [0.25, 0.3) is 11.5 Å². The first-order chi connectivity index (χ1) is 15.0. The average Bonchev–Trinajstić information content (AvgIpc) is 3.23. The molecule has 1 aromatic heterocycles. The summed E-state index contributed by atoms with van der Waals surface area (Å²) in [4.78, 5) is 32.5.